The van der Waals surface area contributed by atoms with Crippen molar-refractivity contribution in [3.8, 4) is 0 Å². The summed E-state index contributed by atoms with van der Waals surface area (Å²) in [6, 6.07) is 12.8. The average molecular weight is 493 g/mol. The molecule has 0 aliphatic carbocycles. The van der Waals surface area contributed by atoms with E-state index in [0.717, 1.165) is 29.8 Å². The summed E-state index contributed by atoms with van der Waals surface area (Å²) < 4.78 is 53.7. The molecule has 0 aliphatic rings. The van der Waals surface area contributed by atoms with Crippen molar-refractivity contribution in [1.29, 1.82) is 0 Å². The van der Waals surface area contributed by atoms with Crippen LogP contribution in [0.15, 0.2) is 54.6 Å². The van der Waals surface area contributed by atoms with Crippen molar-refractivity contribution >= 4 is 34.1 Å². The minimum Gasteiger partial charge on any atom is -0.342 e. The van der Waals surface area contributed by atoms with Gasteiger partial charge in [0.1, 0.15) is 16.2 Å². The van der Waals surface area contributed by atoms with Crippen LogP contribution in [0.5, 0.6) is 0 Å². The molecule has 1 heterocycles. The molecule has 11 heteroatoms. The Labute approximate surface area is 196 Å². The number of carbonyl (C=O) groups excluding carboxylic acids is 3. The number of hydrogen-bond donors (Lipinski definition) is 2. The van der Waals surface area contributed by atoms with Crippen LogP contribution < -0.4 is 10.6 Å². The maximum Gasteiger partial charge on any atom is 0.435 e. The summed E-state index contributed by atoms with van der Waals surface area (Å²) in [6.07, 6.45) is -4.97. The molecule has 0 aliphatic heterocycles. The Balaban J connectivity index is 1.78. The lowest BCUT2D eigenvalue weighted by molar-refractivity contribution is -0.141. The van der Waals surface area contributed by atoms with Crippen LogP contribution in [0.1, 0.15) is 40.3 Å². The van der Waals surface area contributed by atoms with E-state index >= 15 is 0 Å². The third-order valence-electron chi connectivity index (χ3n) is 4.66. The van der Waals surface area contributed by atoms with E-state index in [1.54, 1.807) is 30.3 Å². The normalized spacial score (nSPS) is 11.7. The smallest absolute Gasteiger partial charge is 0.342 e. The molecule has 178 valence electrons. The van der Waals surface area contributed by atoms with Crippen molar-refractivity contribution in [3.63, 3.8) is 0 Å². The van der Waals surface area contributed by atoms with Gasteiger partial charge in [-0.15, -0.1) is 0 Å². The van der Waals surface area contributed by atoms with Gasteiger partial charge >= 0.3 is 6.18 Å². The number of alkyl halides is 3. The highest BCUT2D eigenvalue weighted by atomic mass is 32.1. The molecule has 2 amide bonds. The van der Waals surface area contributed by atoms with Gasteiger partial charge in [0.15, 0.2) is 10.8 Å². The van der Waals surface area contributed by atoms with Crippen LogP contribution in [0.2, 0.25) is 0 Å². The topological polar surface area (TPSA) is 88.2 Å². The fourth-order valence-corrected chi connectivity index (χ4v) is 3.88. The van der Waals surface area contributed by atoms with Crippen molar-refractivity contribution < 1.29 is 31.9 Å². The van der Waals surface area contributed by atoms with Crippen molar-refractivity contribution in [2.45, 2.75) is 32.0 Å². The van der Waals surface area contributed by atoms with Gasteiger partial charge in [-0.25, -0.2) is 9.37 Å². The molecule has 3 rings (SSSR count). The van der Waals surface area contributed by atoms with E-state index in [-0.39, 0.29) is 12.0 Å². The summed E-state index contributed by atoms with van der Waals surface area (Å²) in [7, 11) is 0. The molecule has 0 atom stereocenters. The molecule has 0 spiro atoms. The molecule has 0 fully saturated rings. The Morgan fingerprint density at radius 2 is 1.59 bits per heavy atom. The molecule has 0 radical (unpaired) electrons. The number of carbonyl (C=O) groups is 3. The molecule has 2 aromatic carbocycles. The summed E-state index contributed by atoms with van der Waals surface area (Å²) in [5.74, 6) is -2.95. The second-order valence-electron chi connectivity index (χ2n) is 7.82. The first-order valence-electron chi connectivity index (χ1n) is 9.91. The van der Waals surface area contributed by atoms with Gasteiger partial charge in [0.05, 0.1) is 6.42 Å². The van der Waals surface area contributed by atoms with Gasteiger partial charge in [0.2, 0.25) is 11.7 Å². The highest BCUT2D eigenvalue weighted by molar-refractivity contribution is 7.18. The fraction of sp³-hybridized carbons (Fsp3) is 0.217. The summed E-state index contributed by atoms with van der Waals surface area (Å²) in [5.41, 5.74) is -2.40. The molecule has 0 saturated carbocycles. The number of anilines is 1. The van der Waals surface area contributed by atoms with E-state index in [0.29, 0.717) is 11.3 Å². The zero-order chi connectivity index (χ0) is 25.1. The molecule has 3 aromatic rings. The molecule has 0 unspecified atom stereocenters. The Bertz CT molecular complexity index is 1210. The van der Waals surface area contributed by atoms with Gasteiger partial charge < -0.3 is 5.32 Å². The van der Waals surface area contributed by atoms with E-state index in [1.807, 2.05) is 0 Å². The highest BCUT2D eigenvalue weighted by Crippen LogP contribution is 2.37. The number of nitrogens with zero attached hydrogens (tertiary/aromatic N) is 1. The monoisotopic (exact) mass is 493 g/mol. The zero-order valence-electron chi connectivity index (χ0n) is 18.0. The second kappa shape index (κ2) is 9.72. The molecule has 1 aromatic heterocycles. The molecule has 34 heavy (non-hydrogen) atoms. The zero-order valence-corrected chi connectivity index (χ0v) is 18.8. The quantitative estimate of drug-likeness (QED) is 0.372. The maximum absolute atomic E-state index is 13.5. The Morgan fingerprint density at radius 1 is 0.971 bits per heavy atom. The van der Waals surface area contributed by atoms with Gasteiger partial charge in [-0.3, -0.25) is 19.7 Å². The molecule has 0 saturated heterocycles. The average Bonchev–Trinajstić information content (AvgIpc) is 3.18. The summed E-state index contributed by atoms with van der Waals surface area (Å²) in [5, 5.41) is 4.31. The summed E-state index contributed by atoms with van der Waals surface area (Å²) in [6.45, 7) is 2.77. The first-order chi connectivity index (χ1) is 15.9. The second-order valence-corrected chi connectivity index (χ2v) is 8.82. The Kier molecular flexibility index (Phi) is 7.15. The lowest BCUT2D eigenvalue weighted by atomic mass is 10.0. The predicted octanol–water partition coefficient (Wildman–Crippen LogP) is 4.61. The van der Waals surface area contributed by atoms with E-state index in [2.05, 4.69) is 15.6 Å². The van der Waals surface area contributed by atoms with Crippen molar-refractivity contribution in [2.24, 2.45) is 0 Å². The summed E-state index contributed by atoms with van der Waals surface area (Å²) in [4.78, 5) is 40.3. The van der Waals surface area contributed by atoms with Gasteiger partial charge in [-0.05, 0) is 43.7 Å². The summed E-state index contributed by atoms with van der Waals surface area (Å²) >= 11 is 0.340. The Hall–Kier alpha value is -3.60. The van der Waals surface area contributed by atoms with Crippen LogP contribution in [0.25, 0.3) is 0 Å². The molecular weight excluding hydrogens is 474 g/mol. The van der Waals surface area contributed by atoms with E-state index in [9.17, 15) is 31.9 Å². The number of amides is 2. The number of aromatic nitrogens is 1. The van der Waals surface area contributed by atoms with Gasteiger partial charge in [-0.1, -0.05) is 41.7 Å². The largest absolute Gasteiger partial charge is 0.435 e. The fourth-order valence-electron chi connectivity index (χ4n) is 2.94. The maximum atomic E-state index is 13.5. The van der Waals surface area contributed by atoms with Crippen molar-refractivity contribution in [3.05, 3.63) is 82.1 Å². The molecular formula is C23H19F4N3O3S. The number of rotatable bonds is 7. The third-order valence-corrected chi connectivity index (χ3v) is 5.63. The lowest BCUT2D eigenvalue weighted by Gasteiger charge is -2.24. The number of nitrogens with one attached hydrogen (secondary N) is 2. The standard InChI is InChI=1S/C23H19F4N3O3S/c1-22(2,30-16(31)12-13-6-4-3-5-7-13)20(33)29-21-28-19(23(25,26)27)18(34-21)17(32)14-8-10-15(24)11-9-14/h3-11H,12H2,1-2H3,(H,30,31)(H,28,29,33). The van der Waals surface area contributed by atoms with Crippen LogP contribution in [0.3, 0.4) is 0 Å². The minimum atomic E-state index is -4.97. The van der Waals surface area contributed by atoms with Crippen molar-refractivity contribution in [1.82, 2.24) is 10.3 Å². The van der Waals surface area contributed by atoms with Crippen LogP contribution in [-0.2, 0) is 22.2 Å². The minimum absolute atomic E-state index is 0.00332. The van der Waals surface area contributed by atoms with Gasteiger partial charge in [-0.2, -0.15) is 13.2 Å². The van der Waals surface area contributed by atoms with Crippen LogP contribution in [0, 0.1) is 5.82 Å². The number of thiazole rings is 1. The number of halogens is 4. The Morgan fingerprint density at radius 3 is 2.18 bits per heavy atom. The number of ketones is 1. The van der Waals surface area contributed by atoms with Gasteiger partial charge in [0.25, 0.3) is 5.91 Å². The lowest BCUT2D eigenvalue weighted by Crippen LogP contribution is -2.52. The van der Waals surface area contributed by atoms with E-state index < -0.39 is 50.8 Å². The van der Waals surface area contributed by atoms with Crippen LogP contribution in [-0.4, -0.2) is 28.1 Å². The number of benzene rings is 2. The van der Waals surface area contributed by atoms with Gasteiger partial charge in [0, 0.05) is 5.56 Å². The molecule has 6 nitrogen and oxygen atoms in total. The van der Waals surface area contributed by atoms with Crippen molar-refractivity contribution in [2.75, 3.05) is 5.32 Å². The first-order valence-corrected chi connectivity index (χ1v) is 10.7. The molecule has 2 N–H and O–H groups in total. The first kappa shape index (κ1) is 25.0. The SMILES string of the molecule is CC(C)(NC(=O)Cc1ccccc1)C(=O)Nc1nc(C(F)(F)F)c(C(=O)c2ccc(F)cc2)s1. The van der Waals surface area contributed by atoms with E-state index in [4.69, 9.17) is 0 Å². The highest BCUT2D eigenvalue weighted by Gasteiger charge is 2.40. The van der Waals surface area contributed by atoms with Crippen LogP contribution >= 0.6 is 11.3 Å². The molecule has 0 bridgehead atoms. The number of hydrogen-bond acceptors (Lipinski definition) is 5. The van der Waals surface area contributed by atoms with E-state index in [1.165, 1.54) is 13.8 Å². The predicted molar refractivity (Wildman–Crippen MR) is 118 cm³/mol. The third kappa shape index (κ3) is 6.04. The van der Waals surface area contributed by atoms with Crippen LogP contribution in [0.4, 0.5) is 22.7 Å².